The average Bonchev–Trinajstić information content (AvgIpc) is 2.53. The Kier molecular flexibility index (Phi) is 5.57. The molecule has 0 N–H and O–H groups in total. The molecule has 0 fully saturated rings. The molecule has 0 aliphatic heterocycles. The van der Waals surface area contributed by atoms with Crippen molar-refractivity contribution in [1.82, 2.24) is 0 Å². The van der Waals surface area contributed by atoms with Gasteiger partial charge in [-0.3, -0.25) is 4.79 Å². The first-order valence-electron chi connectivity index (χ1n) is 7.14. The minimum Gasteiger partial charge on any atom is -0.307 e. The highest BCUT2D eigenvalue weighted by Gasteiger charge is 2.25. The van der Waals surface area contributed by atoms with Gasteiger partial charge in [0.2, 0.25) is 5.91 Å². The van der Waals surface area contributed by atoms with E-state index >= 15 is 0 Å². The summed E-state index contributed by atoms with van der Waals surface area (Å²) in [5.74, 6) is 0.347. The van der Waals surface area contributed by atoms with Gasteiger partial charge in [-0.1, -0.05) is 78.3 Å². The maximum atomic E-state index is 12.8. The Labute approximate surface area is 134 Å². The molecule has 21 heavy (non-hydrogen) atoms. The zero-order chi connectivity index (χ0) is 15.2. The van der Waals surface area contributed by atoms with Crippen LogP contribution in [0.1, 0.15) is 19.4 Å². The Morgan fingerprint density at radius 3 is 2.05 bits per heavy atom. The van der Waals surface area contributed by atoms with Crippen LogP contribution in [-0.2, 0) is 11.3 Å². The molecule has 110 valence electrons. The molecule has 0 radical (unpaired) electrons. The molecule has 1 amide bonds. The summed E-state index contributed by atoms with van der Waals surface area (Å²) in [6.45, 7) is 4.67. The Balaban J connectivity index is 2.29. The van der Waals surface area contributed by atoms with Crippen molar-refractivity contribution < 1.29 is 4.79 Å². The first-order valence-corrected chi connectivity index (χ1v) is 8.05. The predicted molar refractivity (Wildman–Crippen MR) is 91.6 cm³/mol. The third kappa shape index (κ3) is 4.18. The van der Waals surface area contributed by atoms with E-state index in [1.165, 1.54) is 0 Å². The third-order valence-electron chi connectivity index (χ3n) is 3.34. The van der Waals surface area contributed by atoms with Crippen LogP contribution < -0.4 is 4.90 Å². The summed E-state index contributed by atoms with van der Waals surface area (Å²) in [5.41, 5.74) is 2.05. The molecule has 1 atom stereocenters. The minimum absolute atomic E-state index is 0.0973. The van der Waals surface area contributed by atoms with Crippen LogP contribution in [0.3, 0.4) is 0 Å². The molecule has 0 bridgehead atoms. The van der Waals surface area contributed by atoms with Crippen molar-refractivity contribution in [2.24, 2.45) is 5.92 Å². The van der Waals surface area contributed by atoms with Gasteiger partial charge in [0.15, 0.2) is 0 Å². The molecular formula is C18H20BrNO. The number of anilines is 1. The minimum atomic E-state index is -0.179. The molecule has 0 aliphatic carbocycles. The second-order valence-corrected chi connectivity index (χ2v) is 6.38. The number of rotatable bonds is 5. The first kappa shape index (κ1) is 15.8. The molecule has 2 aromatic rings. The van der Waals surface area contributed by atoms with Crippen molar-refractivity contribution in [2.45, 2.75) is 25.2 Å². The number of nitrogens with zero attached hydrogens (tertiary/aromatic N) is 1. The number of alkyl halides is 1. The van der Waals surface area contributed by atoms with Crippen LogP contribution in [-0.4, -0.2) is 10.7 Å². The van der Waals surface area contributed by atoms with E-state index in [4.69, 9.17) is 0 Å². The van der Waals surface area contributed by atoms with Crippen molar-refractivity contribution in [3.63, 3.8) is 0 Å². The fourth-order valence-electron chi connectivity index (χ4n) is 2.10. The number of benzene rings is 2. The maximum absolute atomic E-state index is 12.8. The Morgan fingerprint density at radius 1 is 1.00 bits per heavy atom. The fourth-order valence-corrected chi connectivity index (χ4v) is 2.35. The van der Waals surface area contributed by atoms with E-state index in [-0.39, 0.29) is 16.7 Å². The average molecular weight is 346 g/mol. The largest absolute Gasteiger partial charge is 0.307 e. The van der Waals surface area contributed by atoms with Gasteiger partial charge in [0.25, 0.3) is 0 Å². The summed E-state index contributed by atoms with van der Waals surface area (Å²) in [6.07, 6.45) is 0. The van der Waals surface area contributed by atoms with Crippen LogP contribution in [0, 0.1) is 5.92 Å². The zero-order valence-electron chi connectivity index (χ0n) is 12.4. The lowest BCUT2D eigenvalue weighted by Gasteiger charge is -2.27. The molecule has 0 heterocycles. The molecular weight excluding hydrogens is 326 g/mol. The van der Waals surface area contributed by atoms with E-state index in [1.807, 2.05) is 79.4 Å². The second-order valence-electron chi connectivity index (χ2n) is 5.39. The molecule has 2 aromatic carbocycles. The van der Waals surface area contributed by atoms with E-state index in [2.05, 4.69) is 15.9 Å². The molecule has 2 nitrogen and oxygen atoms in total. The number of amides is 1. The number of hydrogen-bond acceptors (Lipinski definition) is 1. The number of carbonyl (C=O) groups is 1. The third-order valence-corrected chi connectivity index (χ3v) is 4.79. The van der Waals surface area contributed by atoms with Crippen LogP contribution in [0.2, 0.25) is 0 Å². The van der Waals surface area contributed by atoms with Crippen molar-refractivity contribution in [2.75, 3.05) is 4.90 Å². The highest BCUT2D eigenvalue weighted by atomic mass is 79.9. The van der Waals surface area contributed by atoms with Crippen molar-refractivity contribution in [3.8, 4) is 0 Å². The monoisotopic (exact) mass is 345 g/mol. The topological polar surface area (TPSA) is 20.3 Å². The lowest BCUT2D eigenvalue weighted by atomic mass is 10.1. The van der Waals surface area contributed by atoms with Gasteiger partial charge in [0.1, 0.15) is 0 Å². The molecule has 2 rings (SSSR count). The fraction of sp³-hybridized carbons (Fsp3) is 0.278. The van der Waals surface area contributed by atoms with Gasteiger partial charge < -0.3 is 4.90 Å². The molecule has 0 aromatic heterocycles. The van der Waals surface area contributed by atoms with Crippen molar-refractivity contribution in [1.29, 1.82) is 0 Å². The van der Waals surface area contributed by atoms with Gasteiger partial charge in [-0.05, 0) is 23.6 Å². The molecule has 0 saturated carbocycles. The van der Waals surface area contributed by atoms with Gasteiger partial charge in [-0.25, -0.2) is 0 Å². The van der Waals surface area contributed by atoms with Gasteiger partial charge in [-0.15, -0.1) is 0 Å². The summed E-state index contributed by atoms with van der Waals surface area (Å²) >= 11 is 3.53. The number of hydrogen-bond donors (Lipinski definition) is 0. The van der Waals surface area contributed by atoms with E-state index in [1.54, 1.807) is 0 Å². The maximum Gasteiger partial charge on any atom is 0.241 e. The smallest absolute Gasteiger partial charge is 0.241 e. The van der Waals surface area contributed by atoms with Crippen molar-refractivity contribution in [3.05, 3.63) is 66.2 Å². The van der Waals surface area contributed by atoms with Gasteiger partial charge in [0.05, 0.1) is 11.4 Å². The molecule has 0 saturated heterocycles. The van der Waals surface area contributed by atoms with E-state index < -0.39 is 0 Å². The normalized spacial score (nSPS) is 12.2. The van der Waals surface area contributed by atoms with Crippen LogP contribution in [0.25, 0.3) is 0 Å². The zero-order valence-corrected chi connectivity index (χ0v) is 14.0. The highest BCUT2D eigenvalue weighted by Crippen LogP contribution is 2.23. The van der Waals surface area contributed by atoms with Gasteiger partial charge in [0, 0.05) is 5.69 Å². The van der Waals surface area contributed by atoms with Gasteiger partial charge >= 0.3 is 0 Å². The van der Waals surface area contributed by atoms with Gasteiger partial charge in [-0.2, -0.15) is 0 Å². The number of carbonyl (C=O) groups excluding carboxylic acids is 1. The Bertz CT molecular complexity index is 568. The summed E-state index contributed by atoms with van der Waals surface area (Å²) in [6, 6.07) is 19.9. The van der Waals surface area contributed by atoms with Crippen LogP contribution >= 0.6 is 15.9 Å². The predicted octanol–water partition coefficient (Wildman–Crippen LogP) is 4.64. The number of halogens is 1. The highest BCUT2D eigenvalue weighted by molar-refractivity contribution is 9.10. The van der Waals surface area contributed by atoms with Crippen LogP contribution in [0.4, 0.5) is 5.69 Å². The lowest BCUT2D eigenvalue weighted by molar-refractivity contribution is -0.118. The van der Waals surface area contributed by atoms with Crippen molar-refractivity contribution >= 4 is 27.5 Å². The van der Waals surface area contributed by atoms with Crippen LogP contribution in [0.5, 0.6) is 0 Å². The van der Waals surface area contributed by atoms with Crippen LogP contribution in [0.15, 0.2) is 60.7 Å². The lowest BCUT2D eigenvalue weighted by Crippen LogP contribution is -2.38. The summed E-state index contributed by atoms with van der Waals surface area (Å²) < 4.78 is 0. The Morgan fingerprint density at radius 2 is 1.52 bits per heavy atom. The molecule has 0 spiro atoms. The Hall–Kier alpha value is -1.61. The van der Waals surface area contributed by atoms with E-state index in [9.17, 15) is 4.79 Å². The van der Waals surface area contributed by atoms with E-state index in [0.29, 0.717) is 6.54 Å². The summed E-state index contributed by atoms with van der Waals surface area (Å²) in [5, 5.41) is 0. The van der Waals surface area contributed by atoms with E-state index in [0.717, 1.165) is 11.3 Å². The standard InChI is InChI=1S/C18H20BrNO/c1-14(2)17(19)18(21)20(16-11-7-4-8-12-16)13-15-9-5-3-6-10-15/h3-12,14,17H,13H2,1-2H3/t17-/m0/s1. The first-order chi connectivity index (χ1) is 10.1. The second kappa shape index (κ2) is 7.41. The number of para-hydroxylation sites is 1. The SMILES string of the molecule is CC(C)[C@H](Br)C(=O)N(Cc1ccccc1)c1ccccc1. The quantitative estimate of drug-likeness (QED) is 0.723. The summed E-state index contributed by atoms with van der Waals surface area (Å²) in [4.78, 5) is 14.4. The summed E-state index contributed by atoms with van der Waals surface area (Å²) in [7, 11) is 0. The molecule has 3 heteroatoms. The molecule has 0 aliphatic rings. The molecule has 0 unspecified atom stereocenters.